The maximum absolute atomic E-state index is 12.7. The van der Waals surface area contributed by atoms with E-state index in [4.69, 9.17) is 9.47 Å². The molecule has 72 heavy (non-hydrogen) atoms. The molecule has 0 saturated carbocycles. The first-order valence-electron chi connectivity index (χ1n) is 22.1. The molecule has 394 valence electrons. The van der Waals surface area contributed by atoms with E-state index in [2.05, 4.69) is 6.58 Å². The lowest BCUT2D eigenvalue weighted by molar-refractivity contribution is -0.137. The van der Waals surface area contributed by atoms with Crippen LogP contribution in [0.2, 0.25) is 0 Å². The zero-order valence-corrected chi connectivity index (χ0v) is 43.8. The second kappa shape index (κ2) is 22.3. The van der Waals surface area contributed by atoms with Gasteiger partial charge in [-0.1, -0.05) is 62.4 Å². The number of nitrogens with zero attached hydrogens (tertiary/aromatic N) is 1. The number of benzene rings is 4. The summed E-state index contributed by atoms with van der Waals surface area (Å²) in [5, 5.41) is 9.14. The van der Waals surface area contributed by atoms with Crippen molar-refractivity contribution in [3.05, 3.63) is 113 Å². The van der Waals surface area contributed by atoms with Crippen molar-refractivity contribution in [1.29, 1.82) is 0 Å². The number of carbonyl (C=O) groups is 1. The summed E-state index contributed by atoms with van der Waals surface area (Å²) in [5.74, 6) is -1.69. The molecule has 0 amide bonds. The number of hydrogen-bond acceptors (Lipinski definition) is 14. The van der Waals surface area contributed by atoms with E-state index in [0.29, 0.717) is 65.0 Å². The van der Waals surface area contributed by atoms with Crippen LogP contribution >= 0.6 is 0 Å². The molecule has 0 aliphatic carbocycles. The Labute approximate surface area is 419 Å². The van der Waals surface area contributed by atoms with Gasteiger partial charge in [-0.05, 0) is 115 Å². The third-order valence-corrected chi connectivity index (χ3v) is 17.0. The van der Waals surface area contributed by atoms with Crippen LogP contribution < -0.4 is 4.90 Å². The number of anilines is 1. The molecule has 0 saturated heterocycles. The van der Waals surface area contributed by atoms with Gasteiger partial charge in [-0.25, -0.2) is 0 Å². The number of methoxy groups -OCH3 is 1. The van der Waals surface area contributed by atoms with Crippen LogP contribution in [0.25, 0.3) is 21.5 Å². The van der Waals surface area contributed by atoms with Gasteiger partial charge < -0.3 is 19.5 Å². The molecule has 1 heterocycles. The maximum Gasteiger partial charge on any atom is 0.303 e. The molecule has 0 bridgehead atoms. The zero-order chi connectivity index (χ0) is 53.8. The first-order valence-corrected chi connectivity index (χ1v) is 29.5. The Bertz CT molecular complexity index is 3460. The number of aliphatic carboxylic acids is 1. The molecule has 1 aliphatic rings. The quantitative estimate of drug-likeness (QED) is 0.0216. The number of unbranched alkanes of at least 4 members (excludes halogenated alkanes) is 2. The minimum absolute atomic E-state index is 0.0225. The van der Waals surface area contributed by atoms with Gasteiger partial charge in [0.15, 0.2) is 0 Å². The van der Waals surface area contributed by atoms with Crippen LogP contribution in [0.15, 0.2) is 116 Å². The van der Waals surface area contributed by atoms with E-state index in [1.807, 2.05) is 4.90 Å². The van der Waals surface area contributed by atoms with Gasteiger partial charge in [0, 0.05) is 59.7 Å². The molecule has 2 atom stereocenters. The van der Waals surface area contributed by atoms with E-state index in [9.17, 15) is 74.8 Å². The Morgan fingerprint density at radius 1 is 0.722 bits per heavy atom. The van der Waals surface area contributed by atoms with Gasteiger partial charge in [-0.15, -0.1) is 0 Å². The van der Waals surface area contributed by atoms with Crippen molar-refractivity contribution < 1.29 is 84.2 Å². The molecule has 0 aromatic heterocycles. The first kappa shape index (κ1) is 58.0. The molecule has 0 radical (unpaired) electrons. The minimum Gasteiger partial charge on any atom is -0.481 e. The molecule has 0 fully saturated rings. The van der Waals surface area contributed by atoms with Gasteiger partial charge in [-0.3, -0.25) is 27.6 Å². The lowest BCUT2D eigenvalue weighted by atomic mass is 9.70. The lowest BCUT2D eigenvalue weighted by Gasteiger charge is -2.34. The predicted molar refractivity (Wildman–Crippen MR) is 269 cm³/mol. The number of carboxylic acid groups (broad SMARTS) is 1. The Morgan fingerprint density at radius 3 is 1.86 bits per heavy atom. The fourth-order valence-corrected chi connectivity index (χ4v) is 12.5. The Hall–Kier alpha value is -4.90. The fraction of sp³-hybridized carbons (Fsp3) is 0.383. The summed E-state index contributed by atoms with van der Waals surface area (Å²) in [6.07, 6.45) is 9.17. The van der Waals surface area contributed by atoms with Crippen LogP contribution in [0, 0.1) is 6.92 Å². The van der Waals surface area contributed by atoms with E-state index in [-0.39, 0.29) is 73.6 Å². The summed E-state index contributed by atoms with van der Waals surface area (Å²) in [6.45, 7) is 10.3. The van der Waals surface area contributed by atoms with Crippen molar-refractivity contribution in [2.75, 3.05) is 44.1 Å². The zero-order valence-electron chi connectivity index (χ0n) is 39.7. The summed E-state index contributed by atoms with van der Waals surface area (Å²) < 4.78 is 186. The second-order valence-corrected chi connectivity index (χ2v) is 24.9. The highest BCUT2D eigenvalue weighted by atomic mass is 32.2. The first-order chi connectivity index (χ1) is 33.3. The van der Waals surface area contributed by atoms with Crippen molar-refractivity contribution in [3.63, 3.8) is 0 Å². The third kappa shape index (κ3) is 13.4. The number of rotatable bonds is 25. The van der Waals surface area contributed by atoms with Crippen LogP contribution in [-0.2, 0) is 75.7 Å². The molecule has 1 aliphatic heterocycles. The SMILES string of the molecule is C=C(/C=C/C=C/C=C1/N(CCCCCC(=O)O)c2ccc3c(S(=O)(=O)O)cc(S(=O)(=O)O)cc3c2C1(C)CCCS(=O)(=O)O)C(C)(CCOCCOC)c1c(C)ccc2c(S(=O)(=O)O)cc(S(=O)(=O)O)cc12. The highest BCUT2D eigenvalue weighted by Gasteiger charge is 2.45. The van der Waals surface area contributed by atoms with E-state index >= 15 is 0 Å². The number of ether oxygens (including phenoxy) is 2. The van der Waals surface area contributed by atoms with Crippen molar-refractivity contribution in [3.8, 4) is 0 Å². The van der Waals surface area contributed by atoms with Gasteiger partial charge in [0.05, 0.1) is 28.8 Å². The van der Waals surface area contributed by atoms with Crippen LogP contribution in [0.1, 0.15) is 75.5 Å². The average Bonchev–Trinajstić information content (AvgIpc) is 3.49. The molecule has 4 aromatic carbocycles. The van der Waals surface area contributed by atoms with E-state index in [1.165, 1.54) is 19.2 Å². The number of allylic oxidation sites excluding steroid dienone is 7. The fourth-order valence-electron chi connectivity index (χ4n) is 9.30. The van der Waals surface area contributed by atoms with Crippen LogP contribution in [0.5, 0.6) is 0 Å². The third-order valence-electron chi connectivity index (χ3n) is 12.7. The van der Waals surface area contributed by atoms with E-state index in [0.717, 1.165) is 12.1 Å². The molecule has 20 nitrogen and oxygen atoms in total. The second-order valence-electron chi connectivity index (χ2n) is 17.7. The van der Waals surface area contributed by atoms with Gasteiger partial charge in [0.2, 0.25) is 0 Å². The topological polar surface area (TPSA) is 331 Å². The molecular weight excluding hydrogens is 1040 g/mol. The molecule has 5 rings (SSSR count). The Morgan fingerprint density at radius 2 is 1.31 bits per heavy atom. The summed E-state index contributed by atoms with van der Waals surface area (Å²) in [7, 11) is -23.3. The molecule has 25 heteroatoms. The van der Waals surface area contributed by atoms with Crippen molar-refractivity contribution in [1.82, 2.24) is 0 Å². The summed E-state index contributed by atoms with van der Waals surface area (Å²) >= 11 is 0. The van der Waals surface area contributed by atoms with E-state index < -0.39 is 92.7 Å². The molecule has 6 N–H and O–H groups in total. The normalized spacial score (nSPS) is 17.4. The molecule has 4 aromatic rings. The smallest absolute Gasteiger partial charge is 0.303 e. The highest BCUT2D eigenvalue weighted by molar-refractivity contribution is 7.87. The summed E-state index contributed by atoms with van der Waals surface area (Å²) in [4.78, 5) is 9.90. The largest absolute Gasteiger partial charge is 0.481 e. The number of carboxylic acids is 1. The van der Waals surface area contributed by atoms with Crippen molar-refractivity contribution >= 4 is 83.8 Å². The molecular formula is C47H57NO19S5. The minimum atomic E-state index is -5.12. The van der Waals surface area contributed by atoms with Crippen LogP contribution in [0.3, 0.4) is 0 Å². The predicted octanol–water partition coefficient (Wildman–Crippen LogP) is 7.24. The number of aryl methyl sites for hydroxylation is 1. The Balaban J connectivity index is 1.70. The van der Waals surface area contributed by atoms with Gasteiger partial charge >= 0.3 is 5.97 Å². The van der Waals surface area contributed by atoms with Crippen LogP contribution in [-0.4, -0.2) is 115 Å². The van der Waals surface area contributed by atoms with Crippen molar-refractivity contribution in [2.45, 2.75) is 96.1 Å². The Kier molecular flexibility index (Phi) is 18.0. The van der Waals surface area contributed by atoms with Gasteiger partial charge in [0.1, 0.15) is 9.79 Å². The monoisotopic (exact) mass is 1100 g/mol. The maximum atomic E-state index is 12.7. The highest BCUT2D eigenvalue weighted by Crippen LogP contribution is 2.54. The van der Waals surface area contributed by atoms with Gasteiger partial charge in [-0.2, -0.15) is 42.1 Å². The standard InChI is InChI=1S/C47H57NO19S5/c1-31-16-17-35-37(27-33(69(54,55)56)29-40(35)71(60,61)62)44(31)46(3,21-23-67-25-24-66-5)32(2)13-8-6-9-14-42-47(4,20-12-26-68(51,52)53)45-38-28-34(70(57,58)59)30-41(72(63,64)65)36(38)18-19-39(45)48(42)22-11-7-10-15-43(49)50/h6,8-9,13-14,16-19,27-30H,2,7,10-12,15,20-26H2,1,3-5H3,(H,49,50)(H,51,52,53)(H,54,55,56)(H,57,58,59)(H,60,61,62)(H,63,64,65)/b9-6+,13-8+,42-14+. The summed E-state index contributed by atoms with van der Waals surface area (Å²) in [5.41, 5.74) is 0.0479. The van der Waals surface area contributed by atoms with Gasteiger partial charge in [0.25, 0.3) is 50.6 Å². The molecule has 2 unspecified atom stereocenters. The molecule has 0 spiro atoms. The number of fused-ring (bicyclic) bond motifs is 4. The summed E-state index contributed by atoms with van der Waals surface area (Å²) in [6, 6.07) is 9.29. The lowest BCUT2D eigenvalue weighted by Crippen LogP contribution is -2.30. The van der Waals surface area contributed by atoms with Crippen LogP contribution in [0.4, 0.5) is 5.69 Å². The average molecular weight is 1100 g/mol. The van der Waals surface area contributed by atoms with Crippen molar-refractivity contribution in [2.24, 2.45) is 0 Å². The number of hydrogen-bond donors (Lipinski definition) is 6. The van der Waals surface area contributed by atoms with E-state index in [1.54, 1.807) is 63.3 Å².